The maximum atomic E-state index is 8.75. The Hall–Kier alpha value is -0.610. The quantitative estimate of drug-likeness (QED) is 0.522. The zero-order chi connectivity index (χ0) is 7.78. The van der Waals surface area contributed by atoms with E-state index in [1.807, 2.05) is 20.9 Å². The number of rotatable bonds is 1. The van der Waals surface area contributed by atoms with E-state index in [1.54, 1.807) is 5.01 Å². The topological polar surface area (TPSA) is 47.9 Å². The molecule has 0 saturated carbocycles. The van der Waals surface area contributed by atoms with Gasteiger partial charge in [0.1, 0.15) is 5.66 Å². The summed E-state index contributed by atoms with van der Waals surface area (Å²) in [5.41, 5.74) is 2.87. The molecule has 0 aromatic carbocycles. The van der Waals surface area contributed by atoms with Crippen molar-refractivity contribution in [2.24, 2.45) is 5.10 Å². The van der Waals surface area contributed by atoms with Crippen LogP contribution in [0.5, 0.6) is 0 Å². The van der Waals surface area contributed by atoms with Crippen LogP contribution in [0.2, 0.25) is 0 Å². The van der Waals surface area contributed by atoms with Crippen LogP contribution in [0.3, 0.4) is 0 Å². The zero-order valence-corrected chi connectivity index (χ0v) is 6.55. The van der Waals surface area contributed by atoms with E-state index in [0.717, 1.165) is 12.1 Å². The van der Waals surface area contributed by atoms with Crippen molar-refractivity contribution >= 4 is 5.71 Å². The van der Waals surface area contributed by atoms with Gasteiger partial charge in [-0.3, -0.25) is 5.01 Å². The van der Waals surface area contributed by atoms with E-state index in [9.17, 15) is 0 Å². The molecule has 0 saturated heterocycles. The number of hydrogen-bond acceptors (Lipinski definition) is 4. The molecule has 1 aliphatic rings. The summed E-state index contributed by atoms with van der Waals surface area (Å²) in [7, 11) is 1.83. The van der Waals surface area contributed by atoms with Gasteiger partial charge in [0.2, 0.25) is 0 Å². The predicted octanol–water partition coefficient (Wildman–Crippen LogP) is 0.393. The minimum atomic E-state index is -0.399. The number of hydrogen-bond donors (Lipinski definition) is 2. The first-order valence-corrected chi connectivity index (χ1v) is 3.28. The molecule has 2 N–H and O–H groups in total. The Bertz CT molecular complexity index is 168. The molecule has 0 aliphatic carbocycles. The number of hydrazone groups is 1. The minimum absolute atomic E-state index is 0.399. The maximum Gasteiger partial charge on any atom is 0.131 e. The van der Waals surface area contributed by atoms with Crippen LogP contribution in [-0.2, 0) is 0 Å². The third kappa shape index (κ3) is 0.998. The van der Waals surface area contributed by atoms with Crippen LogP contribution in [0.25, 0.3) is 0 Å². The van der Waals surface area contributed by atoms with Gasteiger partial charge in [-0.25, -0.2) is 0 Å². The third-order valence-corrected chi connectivity index (χ3v) is 1.88. The number of nitrogens with one attached hydrogen (secondary N) is 1. The van der Waals surface area contributed by atoms with Crippen molar-refractivity contribution in [2.75, 3.05) is 7.05 Å². The molecule has 4 heteroatoms. The van der Waals surface area contributed by atoms with Crippen LogP contribution >= 0.6 is 0 Å². The molecule has 0 aromatic heterocycles. The van der Waals surface area contributed by atoms with Gasteiger partial charge in [0.05, 0.1) is 0 Å². The summed E-state index contributed by atoms with van der Waals surface area (Å²) in [6.45, 7) is 3.84. The van der Waals surface area contributed by atoms with Crippen molar-refractivity contribution in [3.8, 4) is 0 Å². The Morgan fingerprint density at radius 2 is 2.40 bits per heavy atom. The van der Waals surface area contributed by atoms with Gasteiger partial charge in [0.15, 0.2) is 0 Å². The summed E-state index contributed by atoms with van der Waals surface area (Å²) < 4.78 is 0. The molecule has 0 aromatic rings. The normalized spacial score (nSPS) is 32.8. The van der Waals surface area contributed by atoms with Gasteiger partial charge < -0.3 is 5.21 Å². The van der Waals surface area contributed by atoms with Crippen molar-refractivity contribution in [1.29, 1.82) is 0 Å². The first-order chi connectivity index (χ1) is 4.58. The van der Waals surface area contributed by atoms with Gasteiger partial charge in [-0.1, -0.05) is 0 Å². The lowest BCUT2D eigenvalue weighted by Crippen LogP contribution is -2.49. The van der Waals surface area contributed by atoms with Crippen molar-refractivity contribution in [3.63, 3.8) is 0 Å². The highest BCUT2D eigenvalue weighted by Crippen LogP contribution is 2.21. The molecule has 1 aliphatic heterocycles. The molecule has 0 bridgehead atoms. The Kier molecular flexibility index (Phi) is 1.66. The monoisotopic (exact) mass is 143 g/mol. The molecule has 1 atom stereocenters. The highest BCUT2D eigenvalue weighted by Gasteiger charge is 2.33. The van der Waals surface area contributed by atoms with Crippen LogP contribution in [0, 0.1) is 0 Å². The van der Waals surface area contributed by atoms with E-state index in [-0.39, 0.29) is 0 Å². The SMILES string of the molecule is CC1=NN(C)C(C)(NO)C1. The van der Waals surface area contributed by atoms with Crippen LogP contribution in [0.1, 0.15) is 20.3 Å². The van der Waals surface area contributed by atoms with Gasteiger partial charge in [0, 0.05) is 19.2 Å². The molecular weight excluding hydrogens is 130 g/mol. The van der Waals surface area contributed by atoms with Gasteiger partial charge >= 0.3 is 0 Å². The highest BCUT2D eigenvalue weighted by molar-refractivity contribution is 5.84. The molecule has 1 heterocycles. The number of hydroxylamine groups is 1. The largest absolute Gasteiger partial charge is 0.314 e. The summed E-state index contributed by atoms with van der Waals surface area (Å²) in [6, 6.07) is 0. The summed E-state index contributed by atoms with van der Waals surface area (Å²) in [6.07, 6.45) is 0.764. The molecule has 0 amide bonds. The Morgan fingerprint density at radius 3 is 2.60 bits per heavy atom. The van der Waals surface area contributed by atoms with Crippen molar-refractivity contribution in [1.82, 2.24) is 10.5 Å². The third-order valence-electron chi connectivity index (χ3n) is 1.88. The summed E-state index contributed by atoms with van der Waals surface area (Å²) in [4.78, 5) is 0. The van der Waals surface area contributed by atoms with E-state index in [2.05, 4.69) is 10.6 Å². The minimum Gasteiger partial charge on any atom is -0.314 e. The Labute approximate surface area is 60.5 Å². The van der Waals surface area contributed by atoms with E-state index in [1.165, 1.54) is 0 Å². The summed E-state index contributed by atoms with van der Waals surface area (Å²) in [5.74, 6) is 0. The van der Waals surface area contributed by atoms with E-state index in [4.69, 9.17) is 5.21 Å². The second kappa shape index (κ2) is 2.21. The lowest BCUT2D eigenvalue weighted by molar-refractivity contribution is -0.00998. The molecular formula is C6H13N3O. The van der Waals surface area contributed by atoms with Crippen molar-refractivity contribution in [2.45, 2.75) is 25.9 Å². The fourth-order valence-electron chi connectivity index (χ4n) is 1.13. The summed E-state index contributed by atoms with van der Waals surface area (Å²) >= 11 is 0. The lowest BCUT2D eigenvalue weighted by Gasteiger charge is -2.29. The first-order valence-electron chi connectivity index (χ1n) is 3.28. The Morgan fingerprint density at radius 1 is 1.80 bits per heavy atom. The molecule has 0 radical (unpaired) electrons. The molecule has 1 rings (SSSR count). The first kappa shape index (κ1) is 7.50. The molecule has 1 unspecified atom stereocenters. The van der Waals surface area contributed by atoms with Gasteiger partial charge in [-0.05, 0) is 13.8 Å². The van der Waals surface area contributed by atoms with Gasteiger partial charge in [0.25, 0.3) is 0 Å². The molecule has 10 heavy (non-hydrogen) atoms. The van der Waals surface area contributed by atoms with E-state index in [0.29, 0.717) is 0 Å². The fraction of sp³-hybridized carbons (Fsp3) is 0.833. The Balaban J connectivity index is 2.70. The number of nitrogens with zero attached hydrogens (tertiary/aromatic N) is 2. The fourth-order valence-corrected chi connectivity index (χ4v) is 1.13. The van der Waals surface area contributed by atoms with Crippen LogP contribution in [0.15, 0.2) is 5.10 Å². The standard InChI is InChI=1S/C6H13N3O/c1-5-4-6(2,8-10)9(3)7-5/h8,10H,4H2,1-3H3. The summed E-state index contributed by atoms with van der Waals surface area (Å²) in [5, 5.41) is 14.6. The van der Waals surface area contributed by atoms with Gasteiger partial charge in [-0.15, -0.1) is 0 Å². The van der Waals surface area contributed by atoms with Crippen LogP contribution in [0.4, 0.5) is 0 Å². The molecule has 0 fully saturated rings. The molecule has 0 spiro atoms. The zero-order valence-electron chi connectivity index (χ0n) is 6.55. The second-order valence-corrected chi connectivity index (χ2v) is 2.92. The maximum absolute atomic E-state index is 8.75. The lowest BCUT2D eigenvalue weighted by atomic mass is 10.1. The average Bonchev–Trinajstić information content (AvgIpc) is 2.09. The van der Waals surface area contributed by atoms with Gasteiger partial charge in [-0.2, -0.15) is 10.6 Å². The van der Waals surface area contributed by atoms with E-state index < -0.39 is 5.66 Å². The smallest absolute Gasteiger partial charge is 0.131 e. The van der Waals surface area contributed by atoms with E-state index >= 15 is 0 Å². The second-order valence-electron chi connectivity index (χ2n) is 2.92. The van der Waals surface area contributed by atoms with Crippen LogP contribution in [-0.4, -0.2) is 28.6 Å². The van der Waals surface area contributed by atoms with Crippen molar-refractivity contribution in [3.05, 3.63) is 0 Å². The molecule has 58 valence electrons. The van der Waals surface area contributed by atoms with Crippen LogP contribution < -0.4 is 5.48 Å². The predicted molar refractivity (Wildman–Crippen MR) is 38.8 cm³/mol. The van der Waals surface area contributed by atoms with Crippen molar-refractivity contribution < 1.29 is 5.21 Å². The average molecular weight is 143 g/mol. The highest BCUT2D eigenvalue weighted by atomic mass is 16.5. The molecule has 4 nitrogen and oxygen atoms in total.